The van der Waals surface area contributed by atoms with Crippen molar-refractivity contribution in [3.63, 3.8) is 0 Å². The molecule has 7 aliphatic heterocycles. The molecule has 492 valence electrons. The fraction of sp³-hybridized carbons (Fsp3) is 0.938. The number of carbonyl (C=O) groups excluding carboxylic acids is 3. The van der Waals surface area contributed by atoms with Gasteiger partial charge in [0.25, 0.3) is 0 Å². The number of aliphatic hydroxyl groups is 18. The van der Waals surface area contributed by atoms with Gasteiger partial charge in [-0.1, -0.05) is 0 Å². The van der Waals surface area contributed by atoms with Crippen LogP contribution in [0.5, 0.6) is 0 Å². The molecule has 7 heterocycles. The van der Waals surface area contributed by atoms with Crippen molar-refractivity contribution in [2.24, 2.45) is 0 Å². The van der Waals surface area contributed by atoms with Gasteiger partial charge in [-0.25, -0.2) is 0 Å². The van der Waals surface area contributed by atoms with Crippen LogP contribution < -0.4 is 16.0 Å². The summed E-state index contributed by atoms with van der Waals surface area (Å²) < 4.78 is 78.2. The van der Waals surface area contributed by atoms with E-state index in [9.17, 15) is 106 Å². The highest BCUT2D eigenvalue weighted by Crippen LogP contribution is 2.40. The summed E-state index contributed by atoms with van der Waals surface area (Å²) in [6.07, 6.45) is -62.6. The van der Waals surface area contributed by atoms with E-state index in [-0.39, 0.29) is 0 Å². The van der Waals surface area contributed by atoms with Crippen molar-refractivity contribution in [1.82, 2.24) is 16.0 Å². The monoisotopic (exact) mass is 1240 g/mol. The fourth-order valence-corrected chi connectivity index (χ4v) is 11.0. The van der Waals surface area contributed by atoms with E-state index in [1.165, 1.54) is 13.8 Å². The molecular formula is C48H81N3O34. The first kappa shape index (κ1) is 69.6. The molecule has 0 unspecified atom stereocenters. The lowest BCUT2D eigenvalue weighted by atomic mass is 9.93. The van der Waals surface area contributed by atoms with Crippen LogP contribution in [0.15, 0.2) is 0 Å². The van der Waals surface area contributed by atoms with E-state index < -0.39 is 266 Å². The van der Waals surface area contributed by atoms with Crippen LogP contribution in [-0.2, 0) is 76.0 Å². The maximum absolute atomic E-state index is 13.3. The summed E-state index contributed by atoms with van der Waals surface area (Å²) in [6.45, 7) is 0.237. The minimum absolute atomic E-state index is 0.776. The molecule has 0 radical (unpaired) electrons. The van der Waals surface area contributed by atoms with E-state index >= 15 is 0 Å². The molecule has 0 aliphatic carbocycles. The second-order valence-electron chi connectivity index (χ2n) is 21.7. The summed E-state index contributed by atoms with van der Waals surface area (Å²) >= 11 is 0. The minimum atomic E-state index is -2.25. The average Bonchev–Trinajstić information content (AvgIpc) is 3.07. The van der Waals surface area contributed by atoms with Gasteiger partial charge in [0.15, 0.2) is 44.0 Å². The van der Waals surface area contributed by atoms with E-state index in [4.69, 9.17) is 61.6 Å². The Morgan fingerprint density at radius 3 is 1.05 bits per heavy atom. The fourth-order valence-electron chi connectivity index (χ4n) is 11.0. The first-order valence-corrected chi connectivity index (χ1v) is 27.3. The molecular weight excluding hydrogens is 1160 g/mol. The Bertz CT molecular complexity index is 2150. The van der Waals surface area contributed by atoms with Gasteiger partial charge in [-0.15, -0.1) is 0 Å². The molecule has 0 aromatic rings. The topological polar surface area (TPSA) is 571 Å². The normalized spacial score (nSPS) is 49.8. The highest BCUT2D eigenvalue weighted by atomic mass is 16.8. The predicted molar refractivity (Wildman–Crippen MR) is 264 cm³/mol. The molecule has 85 heavy (non-hydrogen) atoms. The first-order valence-electron chi connectivity index (χ1n) is 27.3. The molecule has 0 aromatic carbocycles. The summed E-state index contributed by atoms with van der Waals surface area (Å²) in [4.78, 5) is 38.0. The molecule has 35 atom stereocenters. The Morgan fingerprint density at radius 1 is 0.306 bits per heavy atom. The standard InChI is InChI=1S/C48H81N3O34/c1-11-24(60)32(68)34(70)45(73-11)84-40-39(29(65)18(8-54)78-47(40)80-36-20(10-56)75-42(72)21(31(36)67)49-13(3)57)83-44-23(51-15(5)59)37(27(63)17(7-53)77-44)81-48-41(85-46-35(71)33(69)25(61)12(2)74-46)38(28(64)19(9-55)79-48)82-43-22(50-14(4)58)30(66)26(62)16(6-52)76-43/h11-12,16-48,52-56,60-72H,6-10H2,1-5H3,(H,49,57)(H,50,58)(H,51,59)/t11-,12-,16+,17+,18+,19+,20+,21+,22+,23+,24+,25+,26-,27-,28-,29-,30+,31+,32+,33+,34-,35-,36+,37+,38-,39-,40+,41+,42+,43+,44+,45-,46-,47-,48-/m0/s1. The van der Waals surface area contributed by atoms with Gasteiger partial charge in [-0.3, -0.25) is 14.4 Å². The highest BCUT2D eigenvalue weighted by molar-refractivity contribution is 5.74. The maximum atomic E-state index is 13.3. The van der Waals surface area contributed by atoms with Gasteiger partial charge in [-0.05, 0) is 13.8 Å². The Kier molecular flexibility index (Phi) is 24.5. The van der Waals surface area contributed by atoms with Crippen LogP contribution in [0.4, 0.5) is 0 Å². The summed E-state index contributed by atoms with van der Waals surface area (Å²) in [5.41, 5.74) is 0. The van der Waals surface area contributed by atoms with Crippen molar-refractivity contribution in [1.29, 1.82) is 0 Å². The number of carbonyl (C=O) groups is 3. The van der Waals surface area contributed by atoms with Crippen molar-refractivity contribution in [3.8, 4) is 0 Å². The molecule has 0 aromatic heterocycles. The summed E-state index contributed by atoms with van der Waals surface area (Å²) in [5, 5.41) is 205. The zero-order chi connectivity index (χ0) is 62.8. The largest absolute Gasteiger partial charge is 0.394 e. The Morgan fingerprint density at radius 2 is 0.635 bits per heavy atom. The second-order valence-corrected chi connectivity index (χ2v) is 21.7. The van der Waals surface area contributed by atoms with Gasteiger partial charge >= 0.3 is 0 Å². The van der Waals surface area contributed by atoms with Gasteiger partial charge in [0.05, 0.1) is 45.2 Å². The third-order valence-corrected chi connectivity index (χ3v) is 15.7. The smallest absolute Gasteiger partial charge is 0.217 e. The lowest BCUT2D eigenvalue weighted by molar-refractivity contribution is -0.407. The van der Waals surface area contributed by atoms with E-state index in [1.54, 1.807) is 0 Å². The molecule has 37 heteroatoms. The number of hydrogen-bond acceptors (Lipinski definition) is 34. The number of ether oxygens (including phenoxy) is 13. The molecule has 37 nitrogen and oxygen atoms in total. The van der Waals surface area contributed by atoms with E-state index in [0.717, 1.165) is 20.8 Å². The van der Waals surface area contributed by atoms with Crippen LogP contribution in [-0.4, -0.2) is 357 Å². The Balaban J connectivity index is 1.31. The van der Waals surface area contributed by atoms with Crippen LogP contribution in [0, 0.1) is 0 Å². The van der Waals surface area contributed by atoms with Crippen molar-refractivity contribution >= 4 is 17.7 Å². The molecule has 0 spiro atoms. The summed E-state index contributed by atoms with van der Waals surface area (Å²) in [6, 6.07) is -5.36. The molecule has 7 aliphatic rings. The van der Waals surface area contributed by atoms with Crippen LogP contribution in [0.2, 0.25) is 0 Å². The predicted octanol–water partition coefficient (Wildman–Crippen LogP) is -13.8. The second kappa shape index (κ2) is 29.9. The van der Waals surface area contributed by atoms with Crippen LogP contribution >= 0.6 is 0 Å². The lowest BCUT2D eigenvalue weighted by Crippen LogP contribution is -2.72. The molecule has 7 saturated heterocycles. The molecule has 3 amide bonds. The number of hydrogen-bond donors (Lipinski definition) is 21. The number of amides is 3. The van der Waals surface area contributed by atoms with Crippen molar-refractivity contribution in [2.75, 3.05) is 33.0 Å². The zero-order valence-electron chi connectivity index (χ0n) is 46.3. The van der Waals surface area contributed by atoms with Crippen LogP contribution in [0.3, 0.4) is 0 Å². The van der Waals surface area contributed by atoms with Crippen LogP contribution in [0.1, 0.15) is 34.6 Å². The van der Waals surface area contributed by atoms with Crippen molar-refractivity contribution in [3.05, 3.63) is 0 Å². The van der Waals surface area contributed by atoms with Crippen molar-refractivity contribution < 1.29 is 168 Å². The maximum Gasteiger partial charge on any atom is 0.217 e. The van der Waals surface area contributed by atoms with Gasteiger partial charge in [0.1, 0.15) is 159 Å². The molecule has 7 fully saturated rings. The lowest BCUT2D eigenvalue weighted by Gasteiger charge is -2.52. The van der Waals surface area contributed by atoms with E-state index in [0.29, 0.717) is 0 Å². The number of rotatable bonds is 20. The van der Waals surface area contributed by atoms with E-state index in [1.807, 2.05) is 0 Å². The Hall–Kier alpha value is -2.83. The molecule has 21 N–H and O–H groups in total. The third-order valence-electron chi connectivity index (χ3n) is 15.7. The van der Waals surface area contributed by atoms with Gasteiger partial charge < -0.3 is 169 Å². The van der Waals surface area contributed by atoms with E-state index in [2.05, 4.69) is 16.0 Å². The average molecular weight is 1240 g/mol. The van der Waals surface area contributed by atoms with Gasteiger partial charge in [0, 0.05) is 20.8 Å². The number of nitrogens with one attached hydrogen (secondary N) is 3. The quantitative estimate of drug-likeness (QED) is 0.0538. The number of aliphatic hydroxyl groups excluding tert-OH is 18. The minimum Gasteiger partial charge on any atom is -0.394 e. The first-order chi connectivity index (χ1) is 40.1. The SMILES string of the molecule is CC(=O)N[C@@H]1[C@@H](O)[C@H](O[C@@H]2O[C@H](CO)[C@H](O)[C@H](O[C@H]3O[C@H](CO)[C@H](O)[C@H](O[C@@H]4O[C@H](CO)[C@H](O)[C@H](O[C@H]5O[C@H](CO)[C@H](O)[C@H](O)[C@H]5NC(C)=O)[C@H]4O[C@@H]4O[C@@H](C)[C@@H](O)[C@@H](O)[C@@H]4O)[C@H]3NC(C)=O)[C@H]2O[C@@H]2O[C@@H](C)[C@@H](O)[C@@H](O)[C@@H]2O)[C@@H](CO)O[C@H]1O. The summed E-state index contributed by atoms with van der Waals surface area (Å²) in [7, 11) is 0. The molecule has 0 bridgehead atoms. The Labute approximate surface area is 483 Å². The molecule has 7 rings (SSSR count). The third kappa shape index (κ3) is 15.2. The van der Waals surface area contributed by atoms with Gasteiger partial charge in [0.2, 0.25) is 17.7 Å². The summed E-state index contributed by atoms with van der Waals surface area (Å²) in [5.74, 6) is -2.56. The molecule has 0 saturated carbocycles. The zero-order valence-corrected chi connectivity index (χ0v) is 46.3. The van der Waals surface area contributed by atoms with Crippen LogP contribution in [0.25, 0.3) is 0 Å². The van der Waals surface area contributed by atoms with Crippen molar-refractivity contribution in [2.45, 2.75) is 249 Å². The highest BCUT2D eigenvalue weighted by Gasteiger charge is 2.60. The van der Waals surface area contributed by atoms with Gasteiger partial charge in [-0.2, -0.15) is 0 Å².